The number of nitrogens with one attached hydrogen (secondary N) is 2. The third-order valence-corrected chi connectivity index (χ3v) is 12.6. The van der Waals surface area contributed by atoms with Crippen molar-refractivity contribution in [2.45, 2.75) is 25.4 Å². The largest absolute Gasteiger partial charge is 0.490 e. The molecule has 8 aromatic heterocycles. The summed E-state index contributed by atoms with van der Waals surface area (Å²) < 4.78 is 131. The van der Waals surface area contributed by atoms with E-state index in [1.807, 2.05) is 4.57 Å². The molecule has 0 bridgehead atoms. The van der Waals surface area contributed by atoms with Gasteiger partial charge in [0.15, 0.2) is 23.0 Å². The number of halogens is 11. The molecule has 0 saturated heterocycles. The van der Waals surface area contributed by atoms with Gasteiger partial charge in [-0.15, -0.1) is 0 Å². The molecule has 36 heteroatoms. The number of rotatable bonds is 18. The molecule has 2 aromatic carbocycles. The van der Waals surface area contributed by atoms with E-state index in [4.69, 9.17) is 47.5 Å². The third kappa shape index (κ3) is 16.9. The first-order valence-corrected chi connectivity index (χ1v) is 26.3. The average molecular weight is 1330 g/mol. The minimum absolute atomic E-state index is 0.0156. The number of pyridine rings is 2. The van der Waals surface area contributed by atoms with E-state index in [1.165, 1.54) is 75.4 Å². The second-order valence-electron chi connectivity index (χ2n) is 17.4. The minimum atomic E-state index is -4.71. The van der Waals surface area contributed by atoms with Crippen molar-refractivity contribution >= 4 is 86.9 Å². The van der Waals surface area contributed by atoms with Gasteiger partial charge in [0, 0.05) is 89.9 Å². The van der Waals surface area contributed by atoms with Gasteiger partial charge in [0.05, 0.1) is 54.5 Å². The van der Waals surface area contributed by atoms with Gasteiger partial charge in [-0.1, -0.05) is 23.2 Å². The molecule has 0 amide bonds. The molecule has 0 aliphatic carbocycles. The number of benzene rings is 2. The van der Waals surface area contributed by atoms with Gasteiger partial charge in [-0.25, -0.2) is 57.6 Å². The van der Waals surface area contributed by atoms with Crippen LogP contribution in [0.1, 0.15) is 32.1 Å². The third-order valence-electron chi connectivity index (χ3n) is 11.5. The standard InChI is InChI=1S/C26H19ClF4N8O3.C14H7BrClF4N5.C12H14BN3O5/c1-41-24(40)17-10-15(12-33-23(17)42-9-8-38-7-5-32-14-38)18-13-34-25(35-16-2-3-20(28)19(27)11-16)36-22(18)39-6-4-21(37-39)26(29,30)31;15-8-6-21-13(22-7-1-2-10(17)9(16)5-7)23-12(8)25-4-3-11(24-25)14(18,19)20;1-20-12(17)10-6-9(13(18)19)7-15-11(10)21-5-4-16-3-2-14-8-16/h2-7,10-14H,8-9H2,1H3,(H,34,35,36);1-6H,(H,21,22,23);2-3,6-8,18-19H,4-5H2,1H3. The van der Waals surface area contributed by atoms with Crippen LogP contribution in [0.4, 0.5) is 58.4 Å². The molecule has 4 N–H and O–H groups in total. The summed E-state index contributed by atoms with van der Waals surface area (Å²) in [6.07, 6.45) is 8.21. The Kier molecular flexibility index (Phi) is 21.0. The molecule has 0 unspecified atom stereocenters. The van der Waals surface area contributed by atoms with Crippen molar-refractivity contribution in [2.24, 2.45) is 0 Å². The van der Waals surface area contributed by atoms with Gasteiger partial charge in [0.2, 0.25) is 23.7 Å². The number of carbonyl (C=O) groups is 2. The molecule has 10 aromatic rings. The number of nitrogens with zero attached hydrogens (tertiary/aromatic N) is 14. The zero-order valence-electron chi connectivity index (χ0n) is 44.9. The van der Waals surface area contributed by atoms with Crippen molar-refractivity contribution in [1.29, 1.82) is 0 Å². The first kappa shape index (κ1) is 64.4. The lowest BCUT2D eigenvalue weighted by molar-refractivity contribution is -0.142. The van der Waals surface area contributed by atoms with E-state index in [0.29, 0.717) is 28.9 Å². The minimum Gasteiger partial charge on any atom is -0.475 e. The Morgan fingerprint density at radius 3 is 1.56 bits per heavy atom. The van der Waals surface area contributed by atoms with Crippen LogP contribution in [0.3, 0.4) is 0 Å². The van der Waals surface area contributed by atoms with Crippen molar-refractivity contribution < 1.29 is 73.7 Å². The Hall–Kier alpha value is -9.64. The lowest BCUT2D eigenvalue weighted by Gasteiger charge is -2.14. The number of anilines is 4. The van der Waals surface area contributed by atoms with E-state index < -0.39 is 54.4 Å². The molecule has 456 valence electrons. The maximum absolute atomic E-state index is 13.6. The quantitative estimate of drug-likeness (QED) is 0.0354. The van der Waals surface area contributed by atoms with Crippen LogP contribution in [0, 0.1) is 11.6 Å². The van der Waals surface area contributed by atoms with Crippen molar-refractivity contribution in [1.82, 2.24) is 68.6 Å². The lowest BCUT2D eigenvalue weighted by Crippen LogP contribution is -2.31. The summed E-state index contributed by atoms with van der Waals surface area (Å²) in [5.41, 5.74) is -0.943. The lowest BCUT2D eigenvalue weighted by atomic mass is 9.81. The second-order valence-corrected chi connectivity index (χ2v) is 19.1. The van der Waals surface area contributed by atoms with Crippen LogP contribution in [0.2, 0.25) is 10.0 Å². The van der Waals surface area contributed by atoms with Crippen LogP contribution in [0.25, 0.3) is 22.8 Å². The summed E-state index contributed by atoms with van der Waals surface area (Å²) in [6, 6.07) is 12.0. The van der Waals surface area contributed by atoms with Crippen LogP contribution in [-0.2, 0) is 34.9 Å². The van der Waals surface area contributed by atoms with Crippen molar-refractivity contribution in [2.75, 3.05) is 38.1 Å². The fraction of sp³-hybridized carbons (Fsp3) is 0.154. The van der Waals surface area contributed by atoms with Crippen molar-refractivity contribution in [3.05, 3.63) is 184 Å². The summed E-state index contributed by atoms with van der Waals surface area (Å²) in [5.74, 6) is -2.55. The molecule has 0 spiro atoms. The number of aromatic nitrogens is 14. The highest BCUT2D eigenvalue weighted by molar-refractivity contribution is 9.10. The van der Waals surface area contributed by atoms with Gasteiger partial charge < -0.3 is 48.8 Å². The Morgan fingerprint density at radius 2 is 1.10 bits per heavy atom. The van der Waals surface area contributed by atoms with Gasteiger partial charge in [-0.2, -0.15) is 46.5 Å². The monoisotopic (exact) mass is 1330 g/mol. The Labute approximate surface area is 509 Å². The molecule has 0 radical (unpaired) electrons. The maximum Gasteiger partial charge on any atom is 0.490 e. The van der Waals surface area contributed by atoms with E-state index in [9.17, 15) is 44.7 Å². The number of esters is 2. The number of imidazole rings is 2. The van der Waals surface area contributed by atoms with Crippen LogP contribution in [0.5, 0.6) is 11.8 Å². The van der Waals surface area contributed by atoms with Crippen LogP contribution < -0.4 is 25.6 Å². The number of carbonyl (C=O) groups excluding carboxylic acids is 2. The predicted molar refractivity (Wildman–Crippen MR) is 301 cm³/mol. The molecule has 0 atom stereocenters. The van der Waals surface area contributed by atoms with Gasteiger partial charge >= 0.3 is 31.4 Å². The highest BCUT2D eigenvalue weighted by Gasteiger charge is 2.35. The number of hydrogen-bond donors (Lipinski definition) is 4. The summed E-state index contributed by atoms with van der Waals surface area (Å²) in [6.45, 7) is 1.39. The Balaban J connectivity index is 0.000000185. The van der Waals surface area contributed by atoms with Crippen LogP contribution >= 0.6 is 39.1 Å². The van der Waals surface area contributed by atoms with E-state index in [0.717, 1.165) is 46.0 Å². The highest BCUT2D eigenvalue weighted by Crippen LogP contribution is 2.34. The molecule has 24 nitrogen and oxygen atoms in total. The average Bonchev–Trinajstić information content (AvgIpc) is 4.15. The fourth-order valence-electron chi connectivity index (χ4n) is 7.27. The Morgan fingerprint density at radius 1 is 0.625 bits per heavy atom. The van der Waals surface area contributed by atoms with Crippen molar-refractivity contribution in [3.63, 3.8) is 0 Å². The first-order chi connectivity index (χ1) is 42.0. The van der Waals surface area contributed by atoms with Crippen LogP contribution in [-0.4, -0.2) is 125 Å². The van der Waals surface area contributed by atoms with E-state index in [2.05, 4.69) is 81.4 Å². The molecular weight excluding hydrogens is 1290 g/mol. The van der Waals surface area contributed by atoms with Gasteiger partial charge in [0.25, 0.3) is 0 Å². The fourth-order valence-corrected chi connectivity index (χ4v) is 8.00. The topological polar surface area (TPSA) is 284 Å². The highest BCUT2D eigenvalue weighted by atomic mass is 79.9. The predicted octanol–water partition coefficient (Wildman–Crippen LogP) is 9.14. The molecule has 0 aliphatic heterocycles. The first-order valence-electron chi connectivity index (χ1n) is 24.8. The second kappa shape index (κ2) is 28.7. The summed E-state index contributed by atoms with van der Waals surface area (Å²) in [5, 5.41) is 30.7. The summed E-state index contributed by atoms with van der Waals surface area (Å²) in [7, 11) is 0.684. The summed E-state index contributed by atoms with van der Waals surface area (Å²) >= 11 is 14.7. The number of methoxy groups -OCH3 is 2. The molecule has 8 heterocycles. The smallest absolute Gasteiger partial charge is 0.475 e. The SMILES string of the molecule is COC(=O)c1cc(-c2cnc(Nc3ccc(F)c(Cl)c3)nc2-n2ccc(C(F)(F)F)n2)cnc1OCCn1ccnc1.COC(=O)c1cc(B(O)O)cnc1OCCn1ccnc1.Fc1ccc(Nc2ncc(Br)c(-n3ccc(C(F)(F)F)n3)n2)cc1Cl. The molecule has 0 fully saturated rings. The van der Waals surface area contributed by atoms with E-state index >= 15 is 0 Å². The molecular formula is C52H40BBrCl2F8N16O8. The van der Waals surface area contributed by atoms with E-state index in [1.54, 1.807) is 42.0 Å². The number of hydrogen-bond acceptors (Lipinski definition) is 20. The Bertz CT molecular complexity index is 4040. The normalized spacial score (nSPS) is 11.2. The van der Waals surface area contributed by atoms with Gasteiger partial charge in [0.1, 0.15) is 36.0 Å². The molecule has 10 rings (SSSR count). The zero-order valence-corrected chi connectivity index (χ0v) is 48.0. The van der Waals surface area contributed by atoms with E-state index in [-0.39, 0.29) is 86.3 Å². The van der Waals surface area contributed by atoms with Crippen molar-refractivity contribution in [3.8, 4) is 34.5 Å². The molecule has 0 aliphatic rings. The molecule has 88 heavy (non-hydrogen) atoms. The van der Waals surface area contributed by atoms with Crippen LogP contribution in [0.15, 0.2) is 140 Å². The van der Waals surface area contributed by atoms with Gasteiger partial charge in [-0.3, -0.25) is 0 Å². The number of ether oxygens (including phenoxy) is 4. The van der Waals surface area contributed by atoms with Gasteiger partial charge in [-0.05, 0) is 76.6 Å². The zero-order chi connectivity index (χ0) is 63.3. The summed E-state index contributed by atoms with van der Waals surface area (Å²) in [4.78, 5) is 57.0. The maximum atomic E-state index is 13.6. The molecule has 0 saturated carbocycles. The number of alkyl halides is 6.